The SMILES string of the molecule is Cc1c(C)c(C)c([CH2][Mg][Cl])c(C)c1C. The van der Waals surface area contributed by atoms with Gasteiger partial charge in [-0.3, -0.25) is 0 Å². The van der Waals surface area contributed by atoms with Crippen LogP contribution in [-0.4, -0.2) is 19.3 Å². The summed E-state index contributed by atoms with van der Waals surface area (Å²) in [6.45, 7) is 11.1. The Hall–Kier alpha value is 0.276. The summed E-state index contributed by atoms with van der Waals surface area (Å²) in [6.07, 6.45) is 0. The molecule has 0 nitrogen and oxygen atoms in total. The zero-order chi connectivity index (χ0) is 10.9. The fourth-order valence-corrected chi connectivity index (χ4v) is 3.55. The smallest absolute Gasteiger partial charge is 0.345 e. The molecule has 1 aromatic rings. The van der Waals surface area contributed by atoms with Crippen molar-refractivity contribution in [1.82, 2.24) is 0 Å². The molecular weight excluding hydrogens is 204 g/mol. The summed E-state index contributed by atoms with van der Waals surface area (Å²) in [6, 6.07) is 0. The maximum atomic E-state index is 5.96. The van der Waals surface area contributed by atoms with Crippen molar-refractivity contribution in [3.8, 4) is 0 Å². The average Bonchev–Trinajstić information content (AvgIpc) is 2.19. The Morgan fingerprint density at radius 2 is 1.14 bits per heavy atom. The molecule has 1 aromatic carbocycles. The minimum atomic E-state index is -0.399. The third kappa shape index (κ3) is 2.10. The Labute approximate surface area is 101 Å². The second-order valence-corrected chi connectivity index (χ2v) is 6.05. The molecule has 0 heterocycles. The minimum absolute atomic E-state index is 0.399. The Bertz CT molecular complexity index is 327. The molecule has 0 amide bonds. The van der Waals surface area contributed by atoms with Crippen LogP contribution in [0, 0.1) is 34.6 Å². The van der Waals surface area contributed by atoms with Crippen LogP contribution in [0.4, 0.5) is 0 Å². The van der Waals surface area contributed by atoms with Gasteiger partial charge in [-0.1, -0.05) is 10.1 Å². The van der Waals surface area contributed by atoms with Crippen LogP contribution in [0.25, 0.3) is 0 Å². The van der Waals surface area contributed by atoms with E-state index in [4.69, 9.17) is 9.07 Å². The van der Waals surface area contributed by atoms with E-state index in [1.165, 1.54) is 33.4 Å². The topological polar surface area (TPSA) is 0 Å². The van der Waals surface area contributed by atoms with Gasteiger partial charge in [0.1, 0.15) is 0 Å². The summed E-state index contributed by atoms with van der Waals surface area (Å²) < 4.78 is 1.13. The standard InChI is InChI=1S/C12H17.ClH.Mg/c1-7-8(2)10(4)12(6)11(5)9(7)3;;/h1H2,2-6H3;1H;/q;;+1/p-1. The summed E-state index contributed by atoms with van der Waals surface area (Å²) in [4.78, 5) is 0. The van der Waals surface area contributed by atoms with Crippen LogP contribution in [-0.2, 0) is 4.55 Å². The molecule has 1 rings (SSSR count). The van der Waals surface area contributed by atoms with E-state index in [0.717, 1.165) is 4.55 Å². The summed E-state index contributed by atoms with van der Waals surface area (Å²) in [5.74, 6) is 0. The number of hydrogen-bond acceptors (Lipinski definition) is 0. The van der Waals surface area contributed by atoms with Crippen molar-refractivity contribution in [2.24, 2.45) is 0 Å². The lowest BCUT2D eigenvalue weighted by Crippen LogP contribution is -2.04. The van der Waals surface area contributed by atoms with Gasteiger partial charge in [0.25, 0.3) is 0 Å². The maximum absolute atomic E-state index is 5.96. The number of hydrogen-bond donors (Lipinski definition) is 0. The predicted octanol–water partition coefficient (Wildman–Crippen LogP) is 3.59. The summed E-state index contributed by atoms with van der Waals surface area (Å²) in [5.41, 5.74) is 8.76. The van der Waals surface area contributed by atoms with Crippen LogP contribution in [0.15, 0.2) is 0 Å². The van der Waals surface area contributed by atoms with Crippen molar-refractivity contribution in [2.45, 2.75) is 39.2 Å². The lowest BCUT2D eigenvalue weighted by atomic mass is 9.90. The van der Waals surface area contributed by atoms with E-state index in [1.54, 1.807) is 0 Å². The molecule has 0 saturated heterocycles. The first kappa shape index (κ1) is 12.3. The van der Waals surface area contributed by atoms with Crippen LogP contribution < -0.4 is 0 Å². The third-order valence-corrected chi connectivity index (χ3v) is 4.76. The van der Waals surface area contributed by atoms with E-state index in [-0.39, 0.29) is 0 Å². The fraction of sp³-hybridized carbons (Fsp3) is 0.500. The zero-order valence-corrected chi connectivity index (χ0v) is 12.0. The van der Waals surface area contributed by atoms with Gasteiger partial charge in [-0.05, 0) is 62.4 Å². The van der Waals surface area contributed by atoms with Crippen molar-refractivity contribution in [3.63, 3.8) is 0 Å². The average molecular weight is 221 g/mol. The highest BCUT2D eigenvalue weighted by atomic mass is 35.5. The fourth-order valence-electron chi connectivity index (χ4n) is 2.05. The van der Waals surface area contributed by atoms with Gasteiger partial charge in [0.05, 0.1) is 0 Å². The highest BCUT2D eigenvalue weighted by Gasteiger charge is 2.11. The van der Waals surface area contributed by atoms with E-state index >= 15 is 0 Å². The predicted molar refractivity (Wildman–Crippen MR) is 65.4 cm³/mol. The first-order valence-electron chi connectivity index (χ1n) is 5.12. The van der Waals surface area contributed by atoms with Crippen molar-refractivity contribution >= 4 is 28.3 Å². The molecule has 0 spiro atoms. The molecule has 0 aliphatic carbocycles. The first-order chi connectivity index (χ1) is 6.50. The zero-order valence-electron chi connectivity index (χ0n) is 9.79. The monoisotopic (exact) mass is 220 g/mol. The molecule has 0 aliphatic heterocycles. The number of benzene rings is 1. The molecule has 74 valence electrons. The van der Waals surface area contributed by atoms with Crippen molar-refractivity contribution in [1.29, 1.82) is 0 Å². The van der Waals surface area contributed by atoms with Gasteiger partial charge in [-0.15, -0.1) is 0 Å². The molecule has 0 bridgehead atoms. The molecule has 0 aromatic heterocycles. The van der Waals surface area contributed by atoms with Crippen LogP contribution in [0.1, 0.15) is 33.4 Å². The Balaban J connectivity index is 3.43. The largest absolute Gasteiger partial charge is 0.505 e. The van der Waals surface area contributed by atoms with Crippen molar-refractivity contribution in [2.75, 3.05) is 0 Å². The van der Waals surface area contributed by atoms with E-state index in [2.05, 4.69) is 34.6 Å². The Morgan fingerprint density at radius 1 is 0.786 bits per heavy atom. The summed E-state index contributed by atoms with van der Waals surface area (Å²) >= 11 is -0.399. The van der Waals surface area contributed by atoms with E-state index in [0.29, 0.717) is 0 Å². The van der Waals surface area contributed by atoms with Crippen molar-refractivity contribution in [3.05, 3.63) is 33.4 Å². The van der Waals surface area contributed by atoms with Gasteiger partial charge in [0.2, 0.25) is 0 Å². The lowest BCUT2D eigenvalue weighted by Gasteiger charge is -2.18. The van der Waals surface area contributed by atoms with Crippen LogP contribution in [0.2, 0.25) is 0 Å². The molecule has 0 N–H and O–H groups in total. The molecule has 14 heavy (non-hydrogen) atoms. The van der Waals surface area contributed by atoms with Gasteiger partial charge >= 0.3 is 19.3 Å². The number of halogens is 1. The Morgan fingerprint density at radius 3 is 1.50 bits per heavy atom. The van der Waals surface area contributed by atoms with E-state index in [1.807, 2.05) is 0 Å². The molecule has 2 heteroatoms. The highest BCUT2D eigenvalue weighted by Crippen LogP contribution is 2.26. The van der Waals surface area contributed by atoms with Crippen molar-refractivity contribution < 1.29 is 0 Å². The van der Waals surface area contributed by atoms with Gasteiger partial charge in [-0.25, -0.2) is 0 Å². The molecule has 0 unspecified atom stereocenters. The highest BCUT2D eigenvalue weighted by molar-refractivity contribution is 6.93. The molecule has 0 radical (unpaired) electrons. The second-order valence-electron chi connectivity index (χ2n) is 4.04. The normalized spacial score (nSPS) is 10.1. The van der Waals surface area contributed by atoms with Crippen LogP contribution in [0.5, 0.6) is 0 Å². The van der Waals surface area contributed by atoms with Crippen LogP contribution in [0.3, 0.4) is 0 Å². The molecular formula is C12H17ClMg. The lowest BCUT2D eigenvalue weighted by molar-refractivity contribution is 1.11. The quantitative estimate of drug-likeness (QED) is 0.669. The molecule has 0 aliphatic rings. The first-order valence-corrected chi connectivity index (χ1v) is 8.26. The third-order valence-electron chi connectivity index (χ3n) is 3.50. The second kappa shape index (κ2) is 4.87. The molecule has 0 atom stereocenters. The van der Waals surface area contributed by atoms with E-state index in [9.17, 15) is 0 Å². The summed E-state index contributed by atoms with van der Waals surface area (Å²) in [7, 11) is 5.96. The minimum Gasteiger partial charge on any atom is -0.345 e. The van der Waals surface area contributed by atoms with Crippen LogP contribution >= 0.6 is 9.07 Å². The molecule has 0 fully saturated rings. The Kier molecular flexibility index (Phi) is 4.29. The number of rotatable bonds is 2. The molecule has 0 saturated carbocycles. The van der Waals surface area contributed by atoms with E-state index < -0.39 is 19.3 Å². The van der Waals surface area contributed by atoms with Gasteiger partial charge in [0.15, 0.2) is 0 Å². The van der Waals surface area contributed by atoms with Gasteiger partial charge in [0, 0.05) is 0 Å². The summed E-state index contributed by atoms with van der Waals surface area (Å²) in [5, 5.41) is 0. The van der Waals surface area contributed by atoms with Gasteiger partial charge in [-0.2, -0.15) is 0 Å². The van der Waals surface area contributed by atoms with Gasteiger partial charge < -0.3 is 9.07 Å². The maximum Gasteiger partial charge on any atom is 0.505 e.